The van der Waals surface area contributed by atoms with Crippen molar-refractivity contribution in [1.29, 1.82) is 0 Å². The molecule has 0 aromatic carbocycles. The molecule has 0 unspecified atom stereocenters. The van der Waals surface area contributed by atoms with Crippen molar-refractivity contribution in [3.05, 3.63) is 11.5 Å². The van der Waals surface area contributed by atoms with Crippen LogP contribution < -0.4 is 0 Å². The third-order valence-electron chi connectivity index (χ3n) is 3.09. The molecule has 124 valence electrons. The van der Waals surface area contributed by atoms with Gasteiger partial charge in [-0.25, -0.2) is 9.59 Å². The van der Waals surface area contributed by atoms with E-state index < -0.39 is 35.7 Å². The van der Waals surface area contributed by atoms with Crippen molar-refractivity contribution >= 4 is 11.9 Å². The largest absolute Gasteiger partial charge is 0.467 e. The molecule has 0 aromatic rings. The smallest absolute Gasteiger partial charge is 0.377 e. The number of rotatable bonds is 3. The van der Waals surface area contributed by atoms with Crippen molar-refractivity contribution in [2.45, 2.75) is 51.5 Å². The maximum absolute atomic E-state index is 11.9. The van der Waals surface area contributed by atoms with Crippen LogP contribution in [0.3, 0.4) is 0 Å². The summed E-state index contributed by atoms with van der Waals surface area (Å²) in [5.74, 6) is -3.59. The van der Waals surface area contributed by atoms with E-state index in [1.165, 1.54) is 14.2 Å². The van der Waals surface area contributed by atoms with E-state index in [0.717, 1.165) is 0 Å². The third-order valence-corrected chi connectivity index (χ3v) is 3.09. The summed E-state index contributed by atoms with van der Waals surface area (Å²) in [6.07, 6.45) is -2.05. The quantitative estimate of drug-likeness (QED) is 0.708. The minimum atomic E-state index is -1.09. The van der Waals surface area contributed by atoms with E-state index in [4.69, 9.17) is 23.7 Å². The van der Waals surface area contributed by atoms with Gasteiger partial charge in [0.2, 0.25) is 11.5 Å². The van der Waals surface area contributed by atoms with Crippen LogP contribution in [-0.2, 0) is 38.0 Å². The Kier molecular flexibility index (Phi) is 4.09. The first-order valence-corrected chi connectivity index (χ1v) is 6.74. The van der Waals surface area contributed by atoms with Crippen LogP contribution >= 0.6 is 0 Å². The summed E-state index contributed by atoms with van der Waals surface area (Å²) < 4.78 is 31.7. The lowest BCUT2D eigenvalue weighted by Gasteiger charge is -2.21. The molecule has 8 nitrogen and oxygen atoms in total. The maximum atomic E-state index is 11.9. The molecule has 1 saturated heterocycles. The molecule has 0 aliphatic carbocycles. The van der Waals surface area contributed by atoms with Gasteiger partial charge in [0.05, 0.1) is 14.2 Å². The lowest BCUT2D eigenvalue weighted by Crippen LogP contribution is -2.35. The summed E-state index contributed by atoms with van der Waals surface area (Å²) >= 11 is 0. The molecular formula is C14H20O8. The van der Waals surface area contributed by atoms with Crippen LogP contribution in [0.1, 0.15) is 27.7 Å². The highest BCUT2D eigenvalue weighted by atomic mass is 16.8. The Bertz CT molecular complexity index is 519. The molecule has 0 bridgehead atoms. The number of esters is 2. The second kappa shape index (κ2) is 5.44. The monoisotopic (exact) mass is 316 g/mol. The van der Waals surface area contributed by atoms with Gasteiger partial charge < -0.3 is 28.4 Å². The summed E-state index contributed by atoms with van der Waals surface area (Å²) in [6.45, 7) is 6.53. The molecule has 0 aromatic heterocycles. The van der Waals surface area contributed by atoms with Crippen LogP contribution in [0.5, 0.6) is 0 Å². The Morgan fingerprint density at radius 3 is 2.14 bits per heavy atom. The average Bonchev–Trinajstić information content (AvgIpc) is 2.93. The van der Waals surface area contributed by atoms with E-state index in [-0.39, 0.29) is 11.5 Å². The van der Waals surface area contributed by atoms with Crippen molar-refractivity contribution in [1.82, 2.24) is 0 Å². The molecule has 2 aliphatic heterocycles. The summed E-state index contributed by atoms with van der Waals surface area (Å²) in [6, 6.07) is 0. The van der Waals surface area contributed by atoms with E-state index in [1.807, 2.05) is 0 Å². The number of methoxy groups -OCH3 is 2. The topological polar surface area (TPSA) is 89.5 Å². The van der Waals surface area contributed by atoms with Gasteiger partial charge in [-0.2, -0.15) is 0 Å². The summed E-state index contributed by atoms with van der Waals surface area (Å²) in [7, 11) is 2.45. The second-order valence-corrected chi connectivity index (χ2v) is 5.79. The van der Waals surface area contributed by atoms with Gasteiger partial charge in [0, 0.05) is 13.8 Å². The minimum absolute atomic E-state index is 0.0535. The van der Waals surface area contributed by atoms with E-state index in [9.17, 15) is 9.59 Å². The van der Waals surface area contributed by atoms with Crippen molar-refractivity contribution in [2.24, 2.45) is 0 Å². The molecule has 0 N–H and O–H groups in total. The van der Waals surface area contributed by atoms with Gasteiger partial charge in [0.1, 0.15) is 0 Å². The fourth-order valence-electron chi connectivity index (χ4n) is 2.29. The zero-order chi connectivity index (χ0) is 16.7. The number of hydrogen-bond donors (Lipinski definition) is 0. The van der Waals surface area contributed by atoms with Gasteiger partial charge in [0.25, 0.3) is 0 Å². The maximum Gasteiger partial charge on any atom is 0.377 e. The Balaban J connectivity index is 2.41. The van der Waals surface area contributed by atoms with E-state index in [1.54, 1.807) is 27.7 Å². The second-order valence-electron chi connectivity index (χ2n) is 5.79. The highest BCUT2D eigenvalue weighted by Crippen LogP contribution is 2.40. The van der Waals surface area contributed by atoms with Gasteiger partial charge in [-0.1, -0.05) is 0 Å². The number of carbonyl (C=O) groups is 2. The number of hydrogen-bond acceptors (Lipinski definition) is 8. The van der Waals surface area contributed by atoms with Crippen LogP contribution in [0, 0.1) is 0 Å². The van der Waals surface area contributed by atoms with Crippen molar-refractivity contribution < 1.29 is 38.0 Å². The molecule has 2 aliphatic rings. The predicted octanol–water partition coefficient (Wildman–Crippen LogP) is 0.847. The molecule has 8 heteroatoms. The van der Waals surface area contributed by atoms with Crippen LogP contribution in [0.4, 0.5) is 0 Å². The SMILES string of the molecule is COC(=O)C1=C([C@@H]2OC(C)(C)O[C@@H]2C(=O)OC)OC(C)(C)O1. The zero-order valence-corrected chi connectivity index (χ0v) is 13.4. The number of carbonyl (C=O) groups excluding carboxylic acids is 2. The first-order chi connectivity index (χ1) is 10.1. The van der Waals surface area contributed by atoms with Crippen LogP contribution in [0.2, 0.25) is 0 Å². The van der Waals surface area contributed by atoms with Crippen molar-refractivity contribution in [2.75, 3.05) is 14.2 Å². The van der Waals surface area contributed by atoms with Crippen LogP contribution in [0.15, 0.2) is 11.5 Å². The van der Waals surface area contributed by atoms with Gasteiger partial charge in [-0.05, 0) is 13.8 Å². The highest BCUT2D eigenvalue weighted by molar-refractivity contribution is 5.88. The predicted molar refractivity (Wildman–Crippen MR) is 71.1 cm³/mol. The third kappa shape index (κ3) is 3.02. The molecule has 0 radical (unpaired) electrons. The molecule has 0 amide bonds. The Labute approximate surface area is 128 Å². The van der Waals surface area contributed by atoms with E-state index in [0.29, 0.717) is 0 Å². The lowest BCUT2D eigenvalue weighted by molar-refractivity contribution is -0.169. The van der Waals surface area contributed by atoms with Crippen molar-refractivity contribution in [3.63, 3.8) is 0 Å². The average molecular weight is 316 g/mol. The Morgan fingerprint density at radius 2 is 1.59 bits per heavy atom. The molecule has 2 atom stereocenters. The summed E-state index contributed by atoms with van der Waals surface area (Å²) in [5.41, 5.74) is 0. The standard InChI is InChI=1S/C14H20O8/c1-13(2)19-7(9(21-13)11(15)17-5)8-10(12(16)18-6)22-14(3,4)20-8/h7,9H,1-6H3/t7-,9-/m0/s1. The molecule has 1 fully saturated rings. The zero-order valence-electron chi connectivity index (χ0n) is 13.4. The summed E-state index contributed by atoms with van der Waals surface area (Å²) in [5, 5.41) is 0. The fourth-order valence-corrected chi connectivity index (χ4v) is 2.29. The first-order valence-electron chi connectivity index (χ1n) is 6.74. The molecule has 0 saturated carbocycles. The molecule has 2 rings (SSSR count). The van der Waals surface area contributed by atoms with Gasteiger partial charge in [-0.3, -0.25) is 0 Å². The highest BCUT2D eigenvalue weighted by Gasteiger charge is 2.53. The molecular weight excluding hydrogens is 296 g/mol. The Morgan fingerprint density at radius 1 is 0.955 bits per heavy atom. The number of ether oxygens (including phenoxy) is 6. The normalized spacial score (nSPS) is 28.8. The first kappa shape index (κ1) is 16.6. The molecule has 22 heavy (non-hydrogen) atoms. The minimum Gasteiger partial charge on any atom is -0.467 e. The fraction of sp³-hybridized carbons (Fsp3) is 0.714. The van der Waals surface area contributed by atoms with Gasteiger partial charge in [-0.15, -0.1) is 0 Å². The molecule has 2 heterocycles. The lowest BCUT2D eigenvalue weighted by atomic mass is 10.1. The van der Waals surface area contributed by atoms with Gasteiger partial charge in [0.15, 0.2) is 23.8 Å². The van der Waals surface area contributed by atoms with Crippen LogP contribution in [0.25, 0.3) is 0 Å². The molecule has 0 spiro atoms. The van der Waals surface area contributed by atoms with E-state index >= 15 is 0 Å². The Hall–Kier alpha value is -1.80. The van der Waals surface area contributed by atoms with Gasteiger partial charge >= 0.3 is 11.9 Å². The van der Waals surface area contributed by atoms with E-state index in [2.05, 4.69) is 4.74 Å². The van der Waals surface area contributed by atoms with Crippen LogP contribution in [-0.4, -0.2) is 49.9 Å². The van der Waals surface area contributed by atoms with Crippen molar-refractivity contribution in [3.8, 4) is 0 Å². The summed E-state index contributed by atoms with van der Waals surface area (Å²) in [4.78, 5) is 23.8.